The number of hydrogen-bond acceptors (Lipinski definition) is 1. The van der Waals surface area contributed by atoms with Gasteiger partial charge in [0.15, 0.2) is 0 Å². The van der Waals surface area contributed by atoms with Gasteiger partial charge in [-0.05, 0) is 30.2 Å². The Bertz CT molecular complexity index is 424. The van der Waals surface area contributed by atoms with E-state index in [1.807, 2.05) is 0 Å². The summed E-state index contributed by atoms with van der Waals surface area (Å²) in [5.74, 6) is 0. The van der Waals surface area contributed by atoms with Gasteiger partial charge in [-0.3, -0.25) is 0 Å². The molecule has 0 radical (unpaired) electrons. The van der Waals surface area contributed by atoms with Gasteiger partial charge >= 0.3 is 10.2 Å². The van der Waals surface area contributed by atoms with Crippen molar-refractivity contribution in [1.29, 1.82) is 0 Å². The van der Waals surface area contributed by atoms with E-state index in [0.29, 0.717) is 36.3 Å². The lowest BCUT2D eigenvalue weighted by atomic mass is 10.2. The summed E-state index contributed by atoms with van der Waals surface area (Å²) in [6.45, 7) is 0.485. The van der Waals surface area contributed by atoms with Crippen molar-refractivity contribution in [2.45, 2.75) is 11.3 Å². The first kappa shape index (κ1) is 10.5. The number of anilines is 1. The minimum atomic E-state index is -9.51. The molecule has 0 spiro atoms. The molecule has 0 unspecified atom stereocenters. The van der Waals surface area contributed by atoms with Crippen LogP contribution < -0.4 is 5.32 Å². The Morgan fingerprint density at radius 2 is 1.73 bits per heavy atom. The molecule has 1 aromatic rings. The second-order valence-electron chi connectivity index (χ2n) is 3.46. The van der Waals surface area contributed by atoms with Crippen molar-refractivity contribution in [3.63, 3.8) is 0 Å². The summed E-state index contributed by atoms with van der Waals surface area (Å²) in [5.41, 5.74) is 0.793. The fourth-order valence-electron chi connectivity index (χ4n) is 1.52. The molecule has 0 aromatic heterocycles. The highest BCUT2D eigenvalue weighted by Crippen LogP contribution is 3.02. The Morgan fingerprint density at radius 1 is 1.07 bits per heavy atom. The van der Waals surface area contributed by atoms with Gasteiger partial charge in [0.05, 0.1) is 0 Å². The number of benzene rings is 1. The van der Waals surface area contributed by atoms with Crippen molar-refractivity contribution >= 4 is 15.9 Å². The van der Waals surface area contributed by atoms with E-state index in [9.17, 15) is 19.4 Å². The Hall–Kier alpha value is -0.980. The zero-order valence-electron chi connectivity index (χ0n) is 7.44. The van der Waals surface area contributed by atoms with Crippen LogP contribution in [0.5, 0.6) is 0 Å². The third-order valence-electron chi connectivity index (χ3n) is 2.23. The minimum absolute atomic E-state index is 0.292. The van der Waals surface area contributed by atoms with Crippen LogP contribution in [0.15, 0.2) is 23.1 Å². The van der Waals surface area contributed by atoms with Gasteiger partial charge in [0.2, 0.25) is 0 Å². The van der Waals surface area contributed by atoms with Crippen molar-refractivity contribution < 1.29 is 19.4 Å². The second kappa shape index (κ2) is 2.23. The SMILES string of the molecule is FS(F)(F)(F)(F)c1ccc2c(c1)CCN2. The van der Waals surface area contributed by atoms with Crippen LogP contribution in [0.4, 0.5) is 25.1 Å². The van der Waals surface area contributed by atoms with Gasteiger partial charge in [-0.15, -0.1) is 0 Å². The molecule has 0 saturated carbocycles. The summed E-state index contributed by atoms with van der Waals surface area (Å²) >= 11 is 0. The van der Waals surface area contributed by atoms with Gasteiger partial charge in [0.25, 0.3) is 0 Å². The minimum Gasteiger partial charge on any atom is -0.384 e. The van der Waals surface area contributed by atoms with Gasteiger partial charge in [-0.1, -0.05) is 19.4 Å². The summed E-state index contributed by atoms with van der Waals surface area (Å²) in [5, 5.41) is 2.80. The highest BCUT2D eigenvalue weighted by molar-refractivity contribution is 8.45. The van der Waals surface area contributed by atoms with Crippen molar-refractivity contribution in [2.75, 3.05) is 11.9 Å². The fourth-order valence-corrected chi connectivity index (χ4v) is 2.21. The quantitative estimate of drug-likeness (QED) is 0.727. The van der Waals surface area contributed by atoms with Gasteiger partial charge in [-0.2, -0.15) is 0 Å². The van der Waals surface area contributed by atoms with Crippen molar-refractivity contribution in [3.05, 3.63) is 23.8 Å². The Kier molecular flexibility index (Phi) is 1.57. The van der Waals surface area contributed by atoms with Crippen LogP contribution >= 0.6 is 10.2 Å². The van der Waals surface area contributed by atoms with Crippen LogP contribution in [0.1, 0.15) is 5.56 Å². The maximum atomic E-state index is 12.4. The molecule has 0 fully saturated rings. The van der Waals surface area contributed by atoms with Gasteiger partial charge in [-0.25, -0.2) is 0 Å². The predicted molar refractivity (Wildman–Crippen MR) is 50.0 cm³/mol. The molecule has 0 amide bonds. The lowest BCUT2D eigenvalue weighted by Gasteiger charge is -2.40. The zero-order valence-corrected chi connectivity index (χ0v) is 8.26. The first-order chi connectivity index (χ1) is 6.56. The maximum Gasteiger partial charge on any atom is 0.310 e. The molecule has 7 heteroatoms. The number of rotatable bonds is 1. The van der Waals surface area contributed by atoms with Gasteiger partial charge in [0.1, 0.15) is 4.90 Å². The lowest BCUT2D eigenvalue weighted by Crippen LogP contribution is -2.06. The predicted octanol–water partition coefficient (Wildman–Crippen LogP) is 4.31. The third kappa shape index (κ3) is 2.01. The molecule has 0 atom stereocenters. The monoisotopic (exact) mass is 245 g/mol. The molecule has 1 N–H and O–H groups in total. The number of hydrogen-bond donors (Lipinski definition) is 1. The van der Waals surface area contributed by atoms with Gasteiger partial charge in [0, 0.05) is 12.2 Å². The van der Waals surface area contributed by atoms with Crippen LogP contribution in [0, 0.1) is 0 Å². The lowest BCUT2D eigenvalue weighted by molar-refractivity contribution is 0.364. The molecule has 1 aliphatic heterocycles. The maximum absolute atomic E-state index is 12.4. The Labute approximate surface area is 83.0 Å². The first-order valence-corrected chi connectivity index (χ1v) is 6.12. The van der Waals surface area contributed by atoms with Crippen LogP contribution in [-0.4, -0.2) is 6.54 Å². The molecule has 1 heterocycles. The van der Waals surface area contributed by atoms with Crippen LogP contribution in [-0.2, 0) is 6.42 Å². The Morgan fingerprint density at radius 3 is 2.33 bits per heavy atom. The molecular formula is C8H8F5NS. The summed E-state index contributed by atoms with van der Waals surface area (Å²) < 4.78 is 62.0. The van der Waals surface area contributed by atoms with Crippen LogP contribution in [0.3, 0.4) is 0 Å². The Balaban J connectivity index is 2.58. The smallest absolute Gasteiger partial charge is 0.310 e. The van der Waals surface area contributed by atoms with Crippen LogP contribution in [0.2, 0.25) is 0 Å². The normalized spacial score (nSPS) is 20.1. The summed E-state index contributed by atoms with van der Waals surface area (Å²) in [6, 6.07) is 2.02. The molecule has 0 aliphatic carbocycles. The number of nitrogens with one attached hydrogen (secondary N) is 1. The summed E-state index contributed by atoms with van der Waals surface area (Å²) in [6.07, 6.45) is 0.344. The van der Waals surface area contributed by atoms with Crippen molar-refractivity contribution in [2.24, 2.45) is 0 Å². The fraction of sp³-hybridized carbons (Fsp3) is 0.250. The van der Waals surface area contributed by atoms with Crippen LogP contribution in [0.25, 0.3) is 0 Å². The van der Waals surface area contributed by atoms with Crippen molar-refractivity contribution in [1.82, 2.24) is 0 Å². The molecular weight excluding hydrogens is 237 g/mol. The summed E-state index contributed by atoms with van der Waals surface area (Å²) in [4.78, 5) is -1.81. The van der Waals surface area contributed by atoms with E-state index in [1.165, 1.54) is 0 Å². The molecule has 1 aromatic carbocycles. The molecule has 0 bridgehead atoms. The summed E-state index contributed by atoms with van der Waals surface area (Å²) in [7, 11) is -9.51. The second-order valence-corrected chi connectivity index (χ2v) is 5.87. The highest BCUT2D eigenvalue weighted by atomic mass is 32.5. The number of fused-ring (bicyclic) bond motifs is 1. The van der Waals surface area contributed by atoms with Gasteiger partial charge < -0.3 is 5.32 Å². The molecule has 86 valence electrons. The standard InChI is InChI=1S/C8H8F5NS/c9-15(10,11,12,13)7-1-2-8-6(5-7)3-4-14-8/h1-2,5,14H,3-4H2. The first-order valence-electron chi connectivity index (χ1n) is 4.17. The van der Waals surface area contributed by atoms with E-state index in [0.717, 1.165) is 6.07 Å². The topological polar surface area (TPSA) is 12.0 Å². The van der Waals surface area contributed by atoms with E-state index in [-0.39, 0.29) is 0 Å². The van der Waals surface area contributed by atoms with E-state index in [4.69, 9.17) is 0 Å². The van der Waals surface area contributed by atoms with Crippen molar-refractivity contribution in [3.8, 4) is 0 Å². The van der Waals surface area contributed by atoms with E-state index >= 15 is 0 Å². The van der Waals surface area contributed by atoms with E-state index < -0.39 is 15.1 Å². The third-order valence-corrected chi connectivity index (χ3v) is 3.38. The van der Waals surface area contributed by atoms with E-state index in [1.54, 1.807) is 0 Å². The molecule has 2 rings (SSSR count). The molecule has 1 nitrogen and oxygen atoms in total. The zero-order chi connectivity index (χ0) is 11.4. The largest absolute Gasteiger partial charge is 0.384 e. The molecule has 15 heavy (non-hydrogen) atoms. The van der Waals surface area contributed by atoms with E-state index in [2.05, 4.69) is 5.32 Å². The molecule has 0 saturated heterocycles. The number of halogens is 5. The highest BCUT2D eigenvalue weighted by Gasteiger charge is 2.65. The molecule has 1 aliphatic rings. The average molecular weight is 245 g/mol. The average Bonchev–Trinajstić information content (AvgIpc) is 2.45.